The van der Waals surface area contributed by atoms with Gasteiger partial charge in [-0.15, -0.1) is 21.8 Å². The first-order valence-corrected chi connectivity index (χ1v) is 7.29. The summed E-state index contributed by atoms with van der Waals surface area (Å²) < 4.78 is 3.99. The predicted octanol–water partition coefficient (Wildman–Crippen LogP) is 2.41. The highest BCUT2D eigenvalue weighted by Gasteiger charge is 2.16. The Morgan fingerprint density at radius 2 is 2.19 bits per heavy atom. The van der Waals surface area contributed by atoms with Crippen molar-refractivity contribution in [2.45, 2.75) is 32.2 Å². The summed E-state index contributed by atoms with van der Waals surface area (Å²) in [5.41, 5.74) is 2.84. The number of hydrogen-bond acceptors (Lipinski definition) is 4. The fourth-order valence-electron chi connectivity index (χ4n) is 2.40. The smallest absolute Gasteiger partial charge is 0.160 e. The van der Waals surface area contributed by atoms with Gasteiger partial charge in [-0.25, -0.2) is 9.97 Å². The Morgan fingerprint density at radius 1 is 1.38 bits per heavy atom. The number of pyridine rings is 1. The van der Waals surface area contributed by atoms with Crippen molar-refractivity contribution in [3.8, 4) is 0 Å². The number of halogens is 1. The SMILES string of the molecule is Cc1cnc2c(c1)nc(C(C)Cl)n2CCc1nncn1C. The first-order chi connectivity index (χ1) is 10.1. The molecule has 0 aliphatic carbocycles. The lowest BCUT2D eigenvalue weighted by atomic mass is 10.3. The van der Waals surface area contributed by atoms with Crippen LogP contribution in [0.3, 0.4) is 0 Å². The maximum Gasteiger partial charge on any atom is 0.160 e. The molecule has 0 fully saturated rings. The summed E-state index contributed by atoms with van der Waals surface area (Å²) in [5, 5.41) is 7.84. The molecule has 0 aliphatic rings. The molecular weight excluding hydrogens is 288 g/mol. The molecule has 0 radical (unpaired) electrons. The van der Waals surface area contributed by atoms with Gasteiger partial charge in [-0.2, -0.15) is 0 Å². The first kappa shape index (κ1) is 14.0. The molecule has 3 aromatic heterocycles. The minimum absolute atomic E-state index is 0.168. The van der Waals surface area contributed by atoms with Gasteiger partial charge in [0, 0.05) is 26.2 Å². The average Bonchev–Trinajstić information content (AvgIpc) is 2.99. The Bertz CT molecular complexity index is 773. The summed E-state index contributed by atoms with van der Waals surface area (Å²) >= 11 is 6.27. The maximum atomic E-state index is 6.27. The Kier molecular flexibility index (Phi) is 3.63. The van der Waals surface area contributed by atoms with Gasteiger partial charge < -0.3 is 9.13 Å². The standard InChI is InChI=1S/C14H17ClN6/c1-9-6-11-14(16-7-9)21(13(18-11)10(2)15)5-4-12-19-17-8-20(12)3/h6-8,10H,4-5H2,1-3H3. The monoisotopic (exact) mass is 304 g/mol. The summed E-state index contributed by atoms with van der Waals surface area (Å²) in [6.07, 6.45) is 4.31. The van der Waals surface area contributed by atoms with Crippen molar-refractivity contribution in [3.63, 3.8) is 0 Å². The third-order valence-corrected chi connectivity index (χ3v) is 3.67. The van der Waals surface area contributed by atoms with Gasteiger partial charge in [0.25, 0.3) is 0 Å². The molecule has 0 spiro atoms. The van der Waals surface area contributed by atoms with Crippen LogP contribution in [0.1, 0.15) is 29.5 Å². The van der Waals surface area contributed by atoms with E-state index in [-0.39, 0.29) is 5.38 Å². The zero-order valence-electron chi connectivity index (χ0n) is 12.3. The number of imidazole rings is 1. The molecule has 1 unspecified atom stereocenters. The van der Waals surface area contributed by atoms with Crippen LogP contribution in [0.4, 0.5) is 0 Å². The average molecular weight is 305 g/mol. The molecular formula is C14H17ClN6. The van der Waals surface area contributed by atoms with Gasteiger partial charge in [0.2, 0.25) is 0 Å². The van der Waals surface area contributed by atoms with Crippen LogP contribution < -0.4 is 0 Å². The van der Waals surface area contributed by atoms with Crippen LogP contribution in [-0.4, -0.2) is 29.3 Å². The molecule has 1 atom stereocenters. The molecule has 0 saturated heterocycles. The van der Waals surface area contributed by atoms with Crippen molar-refractivity contribution in [1.82, 2.24) is 29.3 Å². The summed E-state index contributed by atoms with van der Waals surface area (Å²) in [4.78, 5) is 9.13. The largest absolute Gasteiger partial charge is 0.321 e. The van der Waals surface area contributed by atoms with Crippen molar-refractivity contribution < 1.29 is 0 Å². The van der Waals surface area contributed by atoms with Crippen molar-refractivity contribution in [2.75, 3.05) is 0 Å². The highest BCUT2D eigenvalue weighted by molar-refractivity contribution is 6.20. The second kappa shape index (κ2) is 5.44. The van der Waals surface area contributed by atoms with Gasteiger partial charge in [-0.05, 0) is 25.5 Å². The van der Waals surface area contributed by atoms with Gasteiger partial charge in [-0.3, -0.25) is 0 Å². The zero-order valence-corrected chi connectivity index (χ0v) is 13.0. The topological polar surface area (TPSA) is 61.4 Å². The molecule has 3 rings (SSSR count). The summed E-state index contributed by atoms with van der Waals surface area (Å²) in [6, 6.07) is 2.03. The molecule has 7 heteroatoms. The highest BCUT2D eigenvalue weighted by atomic mass is 35.5. The van der Waals surface area contributed by atoms with E-state index in [0.717, 1.165) is 41.3 Å². The third-order valence-electron chi connectivity index (χ3n) is 3.47. The Labute approximate surface area is 127 Å². The third kappa shape index (κ3) is 2.63. The lowest BCUT2D eigenvalue weighted by Gasteiger charge is -2.09. The second-order valence-electron chi connectivity index (χ2n) is 5.20. The highest BCUT2D eigenvalue weighted by Crippen LogP contribution is 2.24. The minimum atomic E-state index is -0.168. The van der Waals surface area contributed by atoms with Crippen molar-refractivity contribution in [3.05, 3.63) is 35.8 Å². The minimum Gasteiger partial charge on any atom is -0.321 e. The van der Waals surface area contributed by atoms with Gasteiger partial charge in [0.1, 0.15) is 23.5 Å². The van der Waals surface area contributed by atoms with Crippen molar-refractivity contribution in [1.29, 1.82) is 0 Å². The van der Waals surface area contributed by atoms with E-state index in [4.69, 9.17) is 11.6 Å². The van der Waals surface area contributed by atoms with E-state index < -0.39 is 0 Å². The zero-order chi connectivity index (χ0) is 15.0. The van der Waals surface area contributed by atoms with Gasteiger partial charge >= 0.3 is 0 Å². The normalized spacial score (nSPS) is 13.0. The molecule has 3 aromatic rings. The van der Waals surface area contributed by atoms with Crippen molar-refractivity contribution in [2.24, 2.45) is 7.05 Å². The molecule has 110 valence electrons. The molecule has 0 aromatic carbocycles. The van der Waals surface area contributed by atoms with Crippen LogP contribution in [0.25, 0.3) is 11.2 Å². The van der Waals surface area contributed by atoms with E-state index in [2.05, 4.69) is 24.7 Å². The van der Waals surface area contributed by atoms with Crippen LogP contribution >= 0.6 is 11.6 Å². The lowest BCUT2D eigenvalue weighted by Crippen LogP contribution is -2.10. The summed E-state index contributed by atoms with van der Waals surface area (Å²) in [7, 11) is 1.94. The van der Waals surface area contributed by atoms with Gasteiger partial charge in [0.15, 0.2) is 5.65 Å². The van der Waals surface area contributed by atoms with Crippen LogP contribution in [0.5, 0.6) is 0 Å². The number of alkyl halides is 1. The number of nitrogens with zero attached hydrogens (tertiary/aromatic N) is 6. The Hall–Kier alpha value is -1.95. The number of aryl methyl sites for hydroxylation is 4. The summed E-state index contributed by atoms with van der Waals surface area (Å²) in [6.45, 7) is 4.66. The first-order valence-electron chi connectivity index (χ1n) is 6.86. The number of rotatable bonds is 4. The van der Waals surface area contributed by atoms with Gasteiger partial charge in [0.05, 0.1) is 5.38 Å². The van der Waals surface area contributed by atoms with Crippen LogP contribution in [-0.2, 0) is 20.0 Å². The molecule has 3 heterocycles. The van der Waals surface area contributed by atoms with E-state index >= 15 is 0 Å². The molecule has 0 amide bonds. The number of hydrogen-bond donors (Lipinski definition) is 0. The van der Waals surface area contributed by atoms with E-state index in [9.17, 15) is 0 Å². The molecule has 0 saturated carbocycles. The molecule has 0 aliphatic heterocycles. The van der Waals surface area contributed by atoms with Crippen LogP contribution in [0.15, 0.2) is 18.6 Å². The predicted molar refractivity (Wildman–Crippen MR) is 81.2 cm³/mol. The van der Waals surface area contributed by atoms with Gasteiger partial charge in [-0.1, -0.05) is 0 Å². The molecule has 0 bridgehead atoms. The van der Waals surface area contributed by atoms with E-state index in [1.54, 1.807) is 6.33 Å². The fraction of sp³-hybridized carbons (Fsp3) is 0.429. The molecule has 0 N–H and O–H groups in total. The molecule has 21 heavy (non-hydrogen) atoms. The van der Waals surface area contributed by atoms with E-state index in [1.165, 1.54) is 0 Å². The number of fused-ring (bicyclic) bond motifs is 1. The lowest BCUT2D eigenvalue weighted by molar-refractivity contribution is 0.629. The van der Waals surface area contributed by atoms with Crippen LogP contribution in [0, 0.1) is 6.92 Å². The van der Waals surface area contributed by atoms with Crippen LogP contribution in [0.2, 0.25) is 0 Å². The summed E-state index contributed by atoms with van der Waals surface area (Å²) in [5.74, 6) is 1.77. The number of aromatic nitrogens is 6. The van der Waals surface area contributed by atoms with E-state index in [1.807, 2.05) is 37.7 Å². The maximum absolute atomic E-state index is 6.27. The quantitative estimate of drug-likeness (QED) is 0.694. The fourth-order valence-corrected chi connectivity index (χ4v) is 2.57. The second-order valence-corrected chi connectivity index (χ2v) is 5.86. The van der Waals surface area contributed by atoms with E-state index in [0.29, 0.717) is 0 Å². The van der Waals surface area contributed by atoms with Crippen molar-refractivity contribution >= 4 is 22.8 Å². The Morgan fingerprint density at radius 3 is 2.86 bits per heavy atom. The Balaban J connectivity index is 1.99. The molecule has 6 nitrogen and oxygen atoms in total.